The number of hydrogen-bond acceptors (Lipinski definition) is 2. The van der Waals surface area contributed by atoms with Gasteiger partial charge in [-0.05, 0) is 24.6 Å². The standard InChI is InChI=1S/C11H10ClNO2/c1-6-8(12)4-3-7-5-9(11(14)15-2)13-10(6)7/h3-5,13H,1-2H3. The molecule has 0 aliphatic heterocycles. The number of aryl methyl sites for hydroxylation is 1. The number of halogens is 1. The molecule has 0 aliphatic carbocycles. The van der Waals surface area contributed by atoms with Crippen molar-refractivity contribution in [1.82, 2.24) is 4.98 Å². The zero-order valence-electron chi connectivity index (χ0n) is 8.43. The summed E-state index contributed by atoms with van der Waals surface area (Å²) >= 11 is 5.97. The van der Waals surface area contributed by atoms with Gasteiger partial charge in [-0.2, -0.15) is 0 Å². The average molecular weight is 224 g/mol. The van der Waals surface area contributed by atoms with Gasteiger partial charge in [-0.3, -0.25) is 0 Å². The van der Waals surface area contributed by atoms with Gasteiger partial charge in [0.2, 0.25) is 0 Å². The fraction of sp³-hybridized carbons (Fsp3) is 0.182. The molecule has 4 heteroatoms. The van der Waals surface area contributed by atoms with Gasteiger partial charge in [0.25, 0.3) is 0 Å². The minimum atomic E-state index is -0.373. The lowest BCUT2D eigenvalue weighted by Crippen LogP contribution is -2.00. The summed E-state index contributed by atoms with van der Waals surface area (Å²) in [5.41, 5.74) is 2.25. The lowest BCUT2D eigenvalue weighted by molar-refractivity contribution is 0.0595. The van der Waals surface area contributed by atoms with Crippen LogP contribution < -0.4 is 0 Å². The number of carbonyl (C=O) groups is 1. The first-order valence-electron chi connectivity index (χ1n) is 4.49. The molecule has 15 heavy (non-hydrogen) atoms. The van der Waals surface area contributed by atoms with Gasteiger partial charge in [0, 0.05) is 10.4 Å². The monoisotopic (exact) mass is 223 g/mol. The molecule has 0 bridgehead atoms. The van der Waals surface area contributed by atoms with Crippen molar-refractivity contribution >= 4 is 28.5 Å². The lowest BCUT2D eigenvalue weighted by atomic mass is 10.2. The third-order valence-corrected chi connectivity index (χ3v) is 2.81. The number of benzene rings is 1. The van der Waals surface area contributed by atoms with Crippen molar-refractivity contribution in [2.45, 2.75) is 6.92 Å². The van der Waals surface area contributed by atoms with Crippen LogP contribution in [0.4, 0.5) is 0 Å². The van der Waals surface area contributed by atoms with E-state index in [0.717, 1.165) is 16.5 Å². The fourth-order valence-corrected chi connectivity index (χ4v) is 1.70. The molecule has 0 saturated carbocycles. The molecule has 0 fully saturated rings. The van der Waals surface area contributed by atoms with E-state index < -0.39 is 0 Å². The van der Waals surface area contributed by atoms with Crippen LogP contribution in [0.5, 0.6) is 0 Å². The second-order valence-corrected chi connectivity index (χ2v) is 3.72. The SMILES string of the molecule is COC(=O)c1cc2ccc(Cl)c(C)c2[nH]1. The van der Waals surface area contributed by atoms with Crippen LogP contribution in [-0.4, -0.2) is 18.1 Å². The average Bonchev–Trinajstić information content (AvgIpc) is 2.67. The van der Waals surface area contributed by atoms with E-state index in [1.165, 1.54) is 7.11 Å². The largest absolute Gasteiger partial charge is 0.464 e. The van der Waals surface area contributed by atoms with Gasteiger partial charge in [-0.15, -0.1) is 0 Å². The van der Waals surface area contributed by atoms with E-state index in [9.17, 15) is 4.79 Å². The lowest BCUT2D eigenvalue weighted by Gasteiger charge is -1.98. The fourth-order valence-electron chi connectivity index (χ4n) is 1.54. The number of fused-ring (bicyclic) bond motifs is 1. The number of carbonyl (C=O) groups excluding carboxylic acids is 1. The molecule has 0 saturated heterocycles. The number of H-pyrrole nitrogens is 1. The molecular weight excluding hydrogens is 214 g/mol. The summed E-state index contributed by atoms with van der Waals surface area (Å²) in [7, 11) is 1.35. The zero-order chi connectivity index (χ0) is 11.0. The molecule has 0 amide bonds. The van der Waals surface area contributed by atoms with Gasteiger partial charge in [-0.1, -0.05) is 17.7 Å². The van der Waals surface area contributed by atoms with Gasteiger partial charge in [0.15, 0.2) is 0 Å². The van der Waals surface area contributed by atoms with Gasteiger partial charge in [0.1, 0.15) is 5.69 Å². The highest BCUT2D eigenvalue weighted by atomic mass is 35.5. The Hall–Kier alpha value is -1.48. The van der Waals surface area contributed by atoms with Crippen molar-refractivity contribution < 1.29 is 9.53 Å². The molecule has 1 heterocycles. The highest BCUT2D eigenvalue weighted by Crippen LogP contribution is 2.25. The quantitative estimate of drug-likeness (QED) is 0.756. The molecule has 2 rings (SSSR count). The van der Waals surface area contributed by atoms with Crippen molar-refractivity contribution in [1.29, 1.82) is 0 Å². The highest BCUT2D eigenvalue weighted by molar-refractivity contribution is 6.32. The Balaban J connectivity index is 2.66. The van der Waals surface area contributed by atoms with Crippen LogP contribution in [0, 0.1) is 6.92 Å². The van der Waals surface area contributed by atoms with Crippen molar-refractivity contribution in [3.8, 4) is 0 Å². The Morgan fingerprint density at radius 3 is 2.87 bits per heavy atom. The van der Waals surface area contributed by atoms with Crippen LogP contribution in [0.2, 0.25) is 5.02 Å². The number of esters is 1. The van der Waals surface area contributed by atoms with Crippen LogP contribution >= 0.6 is 11.6 Å². The van der Waals surface area contributed by atoms with E-state index in [2.05, 4.69) is 9.72 Å². The molecule has 0 spiro atoms. The first kappa shape index (κ1) is 10.1. The Bertz CT molecular complexity index is 531. The van der Waals surface area contributed by atoms with E-state index in [4.69, 9.17) is 11.6 Å². The second-order valence-electron chi connectivity index (χ2n) is 3.31. The number of ether oxygens (including phenoxy) is 1. The summed E-state index contributed by atoms with van der Waals surface area (Å²) < 4.78 is 4.63. The smallest absolute Gasteiger partial charge is 0.354 e. The number of aromatic nitrogens is 1. The van der Waals surface area contributed by atoms with E-state index in [1.807, 2.05) is 19.1 Å². The second kappa shape index (κ2) is 3.59. The summed E-state index contributed by atoms with van der Waals surface area (Å²) in [5, 5.41) is 1.64. The first-order valence-corrected chi connectivity index (χ1v) is 4.87. The van der Waals surface area contributed by atoms with Crippen LogP contribution in [0.15, 0.2) is 18.2 Å². The zero-order valence-corrected chi connectivity index (χ0v) is 9.18. The normalized spacial score (nSPS) is 10.6. The third-order valence-electron chi connectivity index (χ3n) is 2.40. The number of hydrogen-bond donors (Lipinski definition) is 1. The number of aromatic amines is 1. The summed E-state index contributed by atoms with van der Waals surface area (Å²) in [5.74, 6) is -0.373. The van der Waals surface area contributed by atoms with E-state index in [1.54, 1.807) is 6.07 Å². The number of rotatable bonds is 1. The molecular formula is C11H10ClNO2. The maximum absolute atomic E-state index is 11.3. The molecule has 3 nitrogen and oxygen atoms in total. The van der Waals surface area contributed by atoms with Gasteiger partial charge < -0.3 is 9.72 Å². The molecule has 0 aliphatic rings. The van der Waals surface area contributed by atoms with Crippen LogP contribution in [-0.2, 0) is 4.74 Å². The van der Waals surface area contributed by atoms with Crippen molar-refractivity contribution in [2.24, 2.45) is 0 Å². The molecule has 1 N–H and O–H groups in total. The van der Waals surface area contributed by atoms with E-state index in [-0.39, 0.29) is 5.97 Å². The number of methoxy groups -OCH3 is 1. The molecule has 0 radical (unpaired) electrons. The Morgan fingerprint density at radius 1 is 1.47 bits per heavy atom. The molecule has 78 valence electrons. The van der Waals surface area contributed by atoms with Gasteiger partial charge in [0.05, 0.1) is 12.6 Å². The van der Waals surface area contributed by atoms with Crippen molar-refractivity contribution in [3.05, 3.63) is 34.5 Å². The molecule has 1 aromatic carbocycles. The maximum Gasteiger partial charge on any atom is 0.354 e. The summed E-state index contributed by atoms with van der Waals surface area (Å²) in [4.78, 5) is 14.3. The minimum absolute atomic E-state index is 0.373. The van der Waals surface area contributed by atoms with Crippen LogP contribution in [0.3, 0.4) is 0 Å². The molecule has 0 unspecified atom stereocenters. The topological polar surface area (TPSA) is 42.1 Å². The predicted octanol–water partition coefficient (Wildman–Crippen LogP) is 2.92. The molecule has 1 aromatic heterocycles. The summed E-state index contributed by atoms with van der Waals surface area (Å²) in [6.45, 7) is 1.90. The van der Waals surface area contributed by atoms with Crippen molar-refractivity contribution in [3.63, 3.8) is 0 Å². The highest BCUT2D eigenvalue weighted by Gasteiger charge is 2.11. The van der Waals surface area contributed by atoms with Gasteiger partial charge >= 0.3 is 5.97 Å². The van der Waals surface area contributed by atoms with Crippen LogP contribution in [0.1, 0.15) is 16.1 Å². The Kier molecular flexibility index (Phi) is 2.40. The van der Waals surface area contributed by atoms with Crippen LogP contribution in [0.25, 0.3) is 10.9 Å². The van der Waals surface area contributed by atoms with Crippen molar-refractivity contribution in [2.75, 3.05) is 7.11 Å². The number of nitrogens with one attached hydrogen (secondary N) is 1. The van der Waals surface area contributed by atoms with E-state index >= 15 is 0 Å². The Morgan fingerprint density at radius 2 is 2.20 bits per heavy atom. The van der Waals surface area contributed by atoms with E-state index in [0.29, 0.717) is 10.7 Å². The Labute approximate surface area is 92.0 Å². The summed E-state index contributed by atoms with van der Waals surface area (Å²) in [6.07, 6.45) is 0. The molecule has 0 atom stereocenters. The predicted molar refractivity (Wildman–Crippen MR) is 59.4 cm³/mol. The van der Waals surface area contributed by atoms with Gasteiger partial charge in [-0.25, -0.2) is 4.79 Å². The molecule has 2 aromatic rings. The maximum atomic E-state index is 11.3. The third kappa shape index (κ3) is 1.59. The minimum Gasteiger partial charge on any atom is -0.464 e. The first-order chi connectivity index (χ1) is 7.13. The summed E-state index contributed by atoms with van der Waals surface area (Å²) in [6, 6.07) is 5.44.